The number of nitriles is 1. The largest absolute Gasteiger partial charge is 0.348 e. The van der Waals surface area contributed by atoms with Crippen molar-refractivity contribution in [2.75, 3.05) is 0 Å². The number of H-pyrrole nitrogens is 1. The first-order valence-corrected chi connectivity index (χ1v) is 8.46. The molecule has 0 saturated carbocycles. The van der Waals surface area contributed by atoms with Crippen molar-refractivity contribution in [2.45, 2.75) is 26.3 Å². The van der Waals surface area contributed by atoms with E-state index in [0.29, 0.717) is 22.2 Å². The Bertz CT molecular complexity index is 1160. The molecule has 0 aliphatic heterocycles. The average molecular weight is 382 g/mol. The van der Waals surface area contributed by atoms with Crippen molar-refractivity contribution in [3.63, 3.8) is 0 Å². The van der Waals surface area contributed by atoms with Crippen LogP contribution in [0.3, 0.4) is 0 Å². The zero-order valence-electron chi connectivity index (χ0n) is 15.1. The molecule has 0 radical (unpaired) electrons. The number of pyridine rings is 2. The lowest BCUT2D eigenvalue weighted by Crippen LogP contribution is -2.31. The van der Waals surface area contributed by atoms with E-state index in [4.69, 9.17) is 5.26 Å². The van der Waals surface area contributed by atoms with E-state index in [0.717, 1.165) is 12.1 Å². The number of amides is 1. The highest BCUT2D eigenvalue weighted by Gasteiger charge is 2.17. The molecule has 1 amide bonds. The Labute approximate surface area is 158 Å². The molecule has 2 N–H and O–H groups in total. The molecule has 2 heterocycles. The Morgan fingerprint density at radius 2 is 2.04 bits per heavy atom. The molecule has 1 atom stereocenters. The SMILES string of the molecule is Cc1c(CC(=O)N[C@H](C)c2ccc(C#N)cn2)c(=O)[nH]c2cc(F)c(F)cc12. The smallest absolute Gasteiger partial charge is 0.252 e. The van der Waals surface area contributed by atoms with E-state index >= 15 is 0 Å². The lowest BCUT2D eigenvalue weighted by atomic mass is 10.0. The summed E-state index contributed by atoms with van der Waals surface area (Å²) in [4.78, 5) is 31.3. The van der Waals surface area contributed by atoms with Crippen LogP contribution in [0.1, 0.15) is 35.3 Å². The second kappa shape index (κ2) is 7.56. The number of nitrogens with zero attached hydrogens (tertiary/aromatic N) is 2. The summed E-state index contributed by atoms with van der Waals surface area (Å²) in [5, 5.41) is 11.9. The van der Waals surface area contributed by atoms with Gasteiger partial charge in [-0.2, -0.15) is 5.26 Å². The van der Waals surface area contributed by atoms with Crippen LogP contribution in [0.25, 0.3) is 10.9 Å². The van der Waals surface area contributed by atoms with Crippen LogP contribution < -0.4 is 10.9 Å². The van der Waals surface area contributed by atoms with Gasteiger partial charge >= 0.3 is 0 Å². The van der Waals surface area contributed by atoms with Gasteiger partial charge in [0, 0.05) is 23.2 Å². The molecule has 6 nitrogen and oxygen atoms in total. The molecule has 142 valence electrons. The molecule has 0 bridgehead atoms. The van der Waals surface area contributed by atoms with Crippen LogP contribution >= 0.6 is 0 Å². The molecule has 0 unspecified atom stereocenters. The van der Waals surface area contributed by atoms with E-state index in [-0.39, 0.29) is 17.5 Å². The number of hydrogen-bond donors (Lipinski definition) is 2. The third-order valence-electron chi connectivity index (χ3n) is 4.51. The third kappa shape index (κ3) is 3.74. The van der Waals surface area contributed by atoms with E-state index in [1.54, 1.807) is 26.0 Å². The van der Waals surface area contributed by atoms with E-state index in [2.05, 4.69) is 15.3 Å². The van der Waals surface area contributed by atoms with E-state index < -0.39 is 29.1 Å². The van der Waals surface area contributed by atoms with Gasteiger partial charge in [-0.3, -0.25) is 14.6 Å². The van der Waals surface area contributed by atoms with Gasteiger partial charge in [0.15, 0.2) is 11.6 Å². The molecular weight excluding hydrogens is 366 g/mol. The fourth-order valence-corrected chi connectivity index (χ4v) is 2.96. The number of aromatic amines is 1. The highest BCUT2D eigenvalue weighted by atomic mass is 19.2. The third-order valence-corrected chi connectivity index (χ3v) is 4.51. The minimum absolute atomic E-state index is 0.167. The molecule has 0 fully saturated rings. The van der Waals surface area contributed by atoms with Crippen molar-refractivity contribution in [3.8, 4) is 6.07 Å². The Morgan fingerprint density at radius 3 is 2.68 bits per heavy atom. The second-order valence-electron chi connectivity index (χ2n) is 6.42. The maximum atomic E-state index is 13.6. The Hall–Kier alpha value is -3.60. The molecule has 2 aromatic heterocycles. The fraction of sp³-hybridized carbons (Fsp3) is 0.200. The first kappa shape index (κ1) is 19.2. The number of aryl methyl sites for hydroxylation is 1. The standard InChI is InChI=1S/C20H16F2N4O2/c1-10-13-5-15(21)16(22)7-18(13)26-20(28)14(10)6-19(27)25-11(2)17-4-3-12(8-23)9-24-17/h3-5,7,9,11H,6H2,1-2H3,(H,25,27)(H,26,28)/t11-/m1/s1. The maximum absolute atomic E-state index is 13.6. The van der Waals surface area contributed by atoms with Gasteiger partial charge in [-0.25, -0.2) is 8.78 Å². The van der Waals surface area contributed by atoms with Gasteiger partial charge in [-0.1, -0.05) is 0 Å². The number of fused-ring (bicyclic) bond motifs is 1. The number of carbonyl (C=O) groups excluding carboxylic acids is 1. The maximum Gasteiger partial charge on any atom is 0.252 e. The fourth-order valence-electron chi connectivity index (χ4n) is 2.96. The Balaban J connectivity index is 1.83. The first-order chi connectivity index (χ1) is 13.3. The van der Waals surface area contributed by atoms with Crippen LogP contribution in [0.4, 0.5) is 8.78 Å². The quantitative estimate of drug-likeness (QED) is 0.725. The van der Waals surface area contributed by atoms with Gasteiger partial charge < -0.3 is 10.3 Å². The molecule has 3 rings (SSSR count). The molecule has 8 heteroatoms. The summed E-state index contributed by atoms with van der Waals surface area (Å²) in [5.41, 5.74) is 1.20. The van der Waals surface area contributed by atoms with Crippen LogP contribution in [0, 0.1) is 29.9 Å². The van der Waals surface area contributed by atoms with Crippen LogP contribution in [0.15, 0.2) is 35.3 Å². The highest BCUT2D eigenvalue weighted by molar-refractivity contribution is 5.86. The Morgan fingerprint density at radius 1 is 1.32 bits per heavy atom. The van der Waals surface area contributed by atoms with Crippen molar-refractivity contribution in [3.05, 3.63) is 74.8 Å². The summed E-state index contributed by atoms with van der Waals surface area (Å²) in [5.74, 6) is -2.51. The predicted octanol–water partition coefficient (Wildman–Crippen LogP) is 2.80. The Kier molecular flexibility index (Phi) is 5.18. The normalized spacial score (nSPS) is 11.8. The summed E-state index contributed by atoms with van der Waals surface area (Å²) < 4.78 is 27.0. The summed E-state index contributed by atoms with van der Waals surface area (Å²) in [6.07, 6.45) is 1.18. The lowest BCUT2D eigenvalue weighted by Gasteiger charge is -2.14. The van der Waals surface area contributed by atoms with Crippen LogP contribution in [-0.4, -0.2) is 15.9 Å². The van der Waals surface area contributed by atoms with Crippen molar-refractivity contribution in [1.82, 2.24) is 15.3 Å². The number of carbonyl (C=O) groups is 1. The topological polar surface area (TPSA) is 98.6 Å². The van der Waals surface area contributed by atoms with Crippen LogP contribution in [-0.2, 0) is 11.2 Å². The second-order valence-corrected chi connectivity index (χ2v) is 6.42. The first-order valence-electron chi connectivity index (χ1n) is 8.46. The number of hydrogen-bond acceptors (Lipinski definition) is 4. The number of rotatable bonds is 4. The van der Waals surface area contributed by atoms with Crippen molar-refractivity contribution in [1.29, 1.82) is 5.26 Å². The molecule has 3 aromatic rings. The van der Waals surface area contributed by atoms with E-state index in [1.165, 1.54) is 6.20 Å². The molecule has 28 heavy (non-hydrogen) atoms. The van der Waals surface area contributed by atoms with Crippen molar-refractivity contribution in [2.24, 2.45) is 0 Å². The summed E-state index contributed by atoms with van der Waals surface area (Å²) in [7, 11) is 0. The van der Waals surface area contributed by atoms with Gasteiger partial charge in [0.05, 0.1) is 29.2 Å². The van der Waals surface area contributed by atoms with E-state index in [9.17, 15) is 18.4 Å². The average Bonchev–Trinajstić information content (AvgIpc) is 2.67. The number of halogens is 2. The zero-order valence-corrected chi connectivity index (χ0v) is 15.1. The van der Waals surface area contributed by atoms with Gasteiger partial charge in [0.25, 0.3) is 5.56 Å². The van der Waals surface area contributed by atoms with Crippen molar-refractivity contribution < 1.29 is 13.6 Å². The number of benzene rings is 1. The van der Waals surface area contributed by atoms with Gasteiger partial charge in [0.2, 0.25) is 5.91 Å². The summed E-state index contributed by atoms with van der Waals surface area (Å²) in [6, 6.07) is 6.67. The molecule has 0 aliphatic carbocycles. The zero-order chi connectivity index (χ0) is 20.4. The van der Waals surface area contributed by atoms with Crippen LogP contribution in [0.5, 0.6) is 0 Å². The summed E-state index contributed by atoms with van der Waals surface area (Å²) >= 11 is 0. The molecule has 0 saturated heterocycles. The van der Waals surface area contributed by atoms with Gasteiger partial charge in [0.1, 0.15) is 6.07 Å². The number of aromatic nitrogens is 2. The monoisotopic (exact) mass is 382 g/mol. The minimum Gasteiger partial charge on any atom is -0.348 e. The van der Waals surface area contributed by atoms with Gasteiger partial charge in [-0.15, -0.1) is 0 Å². The van der Waals surface area contributed by atoms with Crippen molar-refractivity contribution >= 4 is 16.8 Å². The van der Waals surface area contributed by atoms with E-state index in [1.807, 2.05) is 6.07 Å². The predicted molar refractivity (Wildman–Crippen MR) is 98.4 cm³/mol. The number of nitrogens with one attached hydrogen (secondary N) is 2. The lowest BCUT2D eigenvalue weighted by molar-refractivity contribution is -0.121. The molecular formula is C20H16F2N4O2. The molecule has 1 aromatic carbocycles. The minimum atomic E-state index is -1.06. The molecule has 0 aliphatic rings. The highest BCUT2D eigenvalue weighted by Crippen LogP contribution is 2.21. The van der Waals surface area contributed by atoms with Gasteiger partial charge in [-0.05, 0) is 37.6 Å². The van der Waals surface area contributed by atoms with Crippen LogP contribution in [0.2, 0.25) is 0 Å². The molecule has 0 spiro atoms. The summed E-state index contributed by atoms with van der Waals surface area (Å²) in [6.45, 7) is 3.31.